The van der Waals surface area contributed by atoms with Gasteiger partial charge in [-0.2, -0.15) is 0 Å². The third-order valence-electron chi connectivity index (χ3n) is 4.66. The van der Waals surface area contributed by atoms with E-state index in [9.17, 15) is 14.4 Å². The first-order chi connectivity index (χ1) is 15.7. The number of thiophene rings is 2. The zero-order valence-electron chi connectivity index (χ0n) is 19.0. The number of nitrogens with one attached hydrogen (secondary N) is 1. The Kier molecular flexibility index (Phi) is 7.92. The van der Waals surface area contributed by atoms with Crippen molar-refractivity contribution in [2.24, 2.45) is 0 Å². The molecule has 0 radical (unpaired) electrons. The van der Waals surface area contributed by atoms with Gasteiger partial charge in [0.15, 0.2) is 11.0 Å². The fourth-order valence-corrected chi connectivity index (χ4v) is 5.81. The quantitative estimate of drug-likeness (QED) is 0.348. The molecule has 1 N–H and O–H groups in total. The Balaban J connectivity index is 1.79. The second-order valence-corrected chi connectivity index (χ2v) is 10.4. The monoisotopic (exact) mass is 508 g/mol. The lowest BCUT2D eigenvalue weighted by atomic mass is 10.1. The van der Waals surface area contributed by atoms with Gasteiger partial charge in [0.25, 0.3) is 0 Å². The summed E-state index contributed by atoms with van der Waals surface area (Å²) < 4.78 is 11.6. The lowest BCUT2D eigenvalue weighted by Gasteiger charge is -2.13. The van der Waals surface area contributed by atoms with Crippen LogP contribution < -0.4 is 5.32 Å². The predicted octanol–water partition coefficient (Wildman–Crippen LogP) is 4.57. The van der Waals surface area contributed by atoms with Crippen LogP contribution in [0, 0.1) is 13.8 Å². The van der Waals surface area contributed by atoms with Gasteiger partial charge in [-0.1, -0.05) is 11.8 Å². The number of methoxy groups -OCH3 is 2. The smallest absolute Gasteiger partial charge is 0.348 e. The summed E-state index contributed by atoms with van der Waals surface area (Å²) in [5.41, 5.74) is 1.53. The van der Waals surface area contributed by atoms with E-state index in [2.05, 4.69) is 21.6 Å². The fourth-order valence-electron chi connectivity index (χ4n) is 3.13. The first-order valence-corrected chi connectivity index (χ1v) is 12.6. The maximum atomic E-state index is 12.7. The number of carbonyl (C=O) groups excluding carboxylic acids is 3. The van der Waals surface area contributed by atoms with Crippen molar-refractivity contribution in [2.45, 2.75) is 38.9 Å². The minimum absolute atomic E-state index is 0.0403. The van der Waals surface area contributed by atoms with Crippen LogP contribution in [0.15, 0.2) is 16.6 Å². The highest BCUT2D eigenvalue weighted by molar-refractivity contribution is 7.99. The average Bonchev–Trinajstić information content (AvgIpc) is 3.48. The van der Waals surface area contributed by atoms with Crippen LogP contribution in [0.4, 0.5) is 5.00 Å². The number of carbonyl (C=O) groups is 3. The SMILES string of the molecule is COC(=O)c1sc(NC(=O)CSc2nnc(-c3csc(C)c3)n2C(C)C)c(C(=O)OC)c1C. The van der Waals surface area contributed by atoms with Crippen LogP contribution in [0.5, 0.6) is 0 Å². The number of ether oxygens (including phenoxy) is 2. The normalized spacial score (nSPS) is 11.0. The summed E-state index contributed by atoms with van der Waals surface area (Å²) in [6, 6.07) is 2.15. The van der Waals surface area contributed by atoms with Crippen LogP contribution in [-0.4, -0.2) is 52.6 Å². The lowest BCUT2D eigenvalue weighted by Crippen LogP contribution is -2.16. The fraction of sp³-hybridized carbons (Fsp3) is 0.381. The molecule has 1 amide bonds. The molecular weight excluding hydrogens is 484 g/mol. The van der Waals surface area contributed by atoms with Gasteiger partial charge in [-0.3, -0.25) is 9.36 Å². The molecule has 0 aliphatic carbocycles. The van der Waals surface area contributed by atoms with Crippen LogP contribution in [0.3, 0.4) is 0 Å². The number of hydrogen-bond acceptors (Lipinski definition) is 10. The van der Waals surface area contributed by atoms with Crippen molar-refractivity contribution in [3.05, 3.63) is 32.3 Å². The molecule has 3 aromatic rings. The van der Waals surface area contributed by atoms with Gasteiger partial charge in [-0.15, -0.1) is 32.9 Å². The summed E-state index contributed by atoms with van der Waals surface area (Å²) >= 11 is 3.86. The Morgan fingerprint density at radius 3 is 2.42 bits per heavy atom. The van der Waals surface area contributed by atoms with Crippen LogP contribution in [0.2, 0.25) is 0 Å². The molecule has 176 valence electrons. The average molecular weight is 509 g/mol. The van der Waals surface area contributed by atoms with Crippen molar-refractivity contribution in [2.75, 3.05) is 25.3 Å². The third-order valence-corrected chi connectivity index (χ3v) is 7.65. The number of hydrogen-bond donors (Lipinski definition) is 1. The van der Waals surface area contributed by atoms with E-state index in [1.54, 1.807) is 18.3 Å². The molecule has 12 heteroatoms. The molecule has 0 aromatic carbocycles. The molecule has 0 saturated heterocycles. The van der Waals surface area contributed by atoms with E-state index < -0.39 is 11.9 Å². The number of aryl methyl sites for hydroxylation is 1. The molecule has 3 heterocycles. The molecule has 3 rings (SSSR count). The van der Waals surface area contributed by atoms with Crippen molar-refractivity contribution < 1.29 is 23.9 Å². The van der Waals surface area contributed by atoms with E-state index in [1.807, 2.05) is 30.7 Å². The number of anilines is 1. The lowest BCUT2D eigenvalue weighted by molar-refractivity contribution is -0.113. The number of nitrogens with zero attached hydrogens (tertiary/aromatic N) is 3. The van der Waals surface area contributed by atoms with Gasteiger partial charge in [0.2, 0.25) is 5.91 Å². The highest BCUT2D eigenvalue weighted by atomic mass is 32.2. The number of amides is 1. The molecule has 0 saturated carbocycles. The molecule has 0 aliphatic rings. The molecule has 9 nitrogen and oxygen atoms in total. The second kappa shape index (κ2) is 10.5. The van der Waals surface area contributed by atoms with E-state index >= 15 is 0 Å². The number of thioether (sulfide) groups is 1. The number of rotatable bonds is 8. The summed E-state index contributed by atoms with van der Waals surface area (Å²) in [4.78, 5) is 38.4. The number of esters is 2. The van der Waals surface area contributed by atoms with E-state index in [0.717, 1.165) is 22.7 Å². The van der Waals surface area contributed by atoms with Gasteiger partial charge in [-0.25, -0.2) is 9.59 Å². The van der Waals surface area contributed by atoms with Gasteiger partial charge in [0.1, 0.15) is 9.88 Å². The highest BCUT2D eigenvalue weighted by Crippen LogP contribution is 2.35. The van der Waals surface area contributed by atoms with Crippen molar-refractivity contribution >= 4 is 57.3 Å². The van der Waals surface area contributed by atoms with Crippen LogP contribution >= 0.6 is 34.4 Å². The van der Waals surface area contributed by atoms with E-state index in [0.29, 0.717) is 10.7 Å². The molecule has 0 aliphatic heterocycles. The summed E-state index contributed by atoms with van der Waals surface area (Å²) in [6.45, 7) is 7.70. The minimum Gasteiger partial charge on any atom is -0.465 e. The standard InChI is InChI=1S/C21H24N4O5S3/c1-10(2)25-17(13-7-11(3)31-8-13)23-24-21(25)32-9-14(26)22-18-15(19(27)29-5)12(4)16(33-18)20(28)30-6/h7-8,10H,9H2,1-6H3,(H,22,26). The molecule has 0 unspecified atom stereocenters. The maximum Gasteiger partial charge on any atom is 0.348 e. The summed E-state index contributed by atoms with van der Waals surface area (Å²) in [7, 11) is 2.49. The zero-order valence-corrected chi connectivity index (χ0v) is 21.5. The third kappa shape index (κ3) is 5.28. The number of aromatic nitrogens is 3. The van der Waals surface area contributed by atoms with Gasteiger partial charge in [-0.05, 0) is 39.3 Å². The molecular formula is C21H24N4O5S3. The Morgan fingerprint density at radius 2 is 1.85 bits per heavy atom. The van der Waals surface area contributed by atoms with Crippen molar-refractivity contribution in [1.29, 1.82) is 0 Å². The van der Waals surface area contributed by atoms with Crippen LogP contribution in [-0.2, 0) is 14.3 Å². The van der Waals surface area contributed by atoms with Gasteiger partial charge >= 0.3 is 11.9 Å². The van der Waals surface area contributed by atoms with Crippen LogP contribution in [0.25, 0.3) is 11.4 Å². The van der Waals surface area contributed by atoms with Gasteiger partial charge in [0.05, 0.1) is 25.5 Å². The van der Waals surface area contributed by atoms with Gasteiger partial charge in [0, 0.05) is 21.9 Å². The van der Waals surface area contributed by atoms with Crippen molar-refractivity contribution in [3.63, 3.8) is 0 Å². The van der Waals surface area contributed by atoms with Crippen molar-refractivity contribution in [3.8, 4) is 11.4 Å². The van der Waals surface area contributed by atoms with E-state index in [4.69, 9.17) is 9.47 Å². The van der Waals surface area contributed by atoms with E-state index in [-0.39, 0.29) is 33.1 Å². The molecule has 3 aromatic heterocycles. The first-order valence-electron chi connectivity index (χ1n) is 9.90. The highest BCUT2D eigenvalue weighted by Gasteiger charge is 2.27. The first kappa shape index (κ1) is 24.9. The second-order valence-electron chi connectivity index (χ2n) is 7.30. The van der Waals surface area contributed by atoms with Gasteiger partial charge < -0.3 is 14.8 Å². The summed E-state index contributed by atoms with van der Waals surface area (Å²) in [5, 5.41) is 14.2. The molecule has 0 bridgehead atoms. The summed E-state index contributed by atoms with van der Waals surface area (Å²) in [5.74, 6) is -0.787. The maximum absolute atomic E-state index is 12.7. The largest absolute Gasteiger partial charge is 0.465 e. The van der Waals surface area contributed by atoms with E-state index in [1.165, 1.54) is 30.9 Å². The molecule has 0 atom stereocenters. The Morgan fingerprint density at radius 1 is 1.15 bits per heavy atom. The zero-order chi connectivity index (χ0) is 24.3. The van der Waals surface area contributed by atoms with Crippen LogP contribution in [0.1, 0.15) is 50.4 Å². The summed E-state index contributed by atoms with van der Waals surface area (Å²) in [6.07, 6.45) is 0. The molecule has 0 fully saturated rings. The topological polar surface area (TPSA) is 112 Å². The Hall–Kier alpha value is -2.70. The molecule has 0 spiro atoms. The minimum atomic E-state index is -0.642. The molecule has 33 heavy (non-hydrogen) atoms. The Labute approximate surface area is 203 Å². The Bertz CT molecular complexity index is 1190. The predicted molar refractivity (Wildman–Crippen MR) is 130 cm³/mol. The van der Waals surface area contributed by atoms with Crippen molar-refractivity contribution in [1.82, 2.24) is 14.8 Å².